The molecule has 5 nitrogen and oxygen atoms in total. The molecular formula is C11H9N3O2. The van der Waals surface area contributed by atoms with Crippen molar-refractivity contribution in [3.05, 3.63) is 29.8 Å². The highest BCUT2D eigenvalue weighted by Gasteiger charge is 2.34. The average molecular weight is 215 g/mol. The molecule has 1 aliphatic heterocycles. The number of anilines is 1. The fraction of sp³-hybridized carbons (Fsp3) is 0.182. The largest absolute Gasteiger partial charge is 0.331 e. The van der Waals surface area contributed by atoms with Crippen LogP contribution in [0.3, 0.4) is 0 Å². The first-order chi connectivity index (χ1) is 7.63. The van der Waals surface area contributed by atoms with Crippen LogP contribution in [0.15, 0.2) is 24.3 Å². The predicted molar refractivity (Wildman–Crippen MR) is 56.7 cm³/mol. The van der Waals surface area contributed by atoms with Gasteiger partial charge < -0.3 is 4.90 Å². The monoisotopic (exact) mass is 215 g/mol. The van der Waals surface area contributed by atoms with Gasteiger partial charge in [0, 0.05) is 7.05 Å². The Hall–Kier alpha value is -2.35. The van der Waals surface area contributed by atoms with Gasteiger partial charge in [0.1, 0.15) is 6.54 Å². The molecule has 16 heavy (non-hydrogen) atoms. The molecule has 1 fully saturated rings. The summed E-state index contributed by atoms with van der Waals surface area (Å²) < 4.78 is 0. The minimum Gasteiger partial charge on any atom is -0.318 e. The third kappa shape index (κ3) is 1.50. The molecule has 0 bridgehead atoms. The Morgan fingerprint density at radius 1 is 1.38 bits per heavy atom. The highest BCUT2D eigenvalue weighted by atomic mass is 16.2. The summed E-state index contributed by atoms with van der Waals surface area (Å²) in [5.74, 6) is -0.275. The molecule has 0 unspecified atom stereocenters. The van der Waals surface area contributed by atoms with E-state index in [2.05, 4.69) is 0 Å². The topological polar surface area (TPSA) is 64.4 Å². The molecule has 0 aromatic heterocycles. The Labute approximate surface area is 92.5 Å². The van der Waals surface area contributed by atoms with E-state index in [-0.39, 0.29) is 18.5 Å². The zero-order valence-electron chi connectivity index (χ0n) is 8.67. The average Bonchev–Trinajstić information content (AvgIpc) is 2.53. The summed E-state index contributed by atoms with van der Waals surface area (Å²) in [5.41, 5.74) is 0.867. The maximum atomic E-state index is 11.7. The van der Waals surface area contributed by atoms with Crippen molar-refractivity contribution in [2.45, 2.75) is 0 Å². The molecule has 0 atom stereocenters. The fourth-order valence-electron chi connectivity index (χ4n) is 1.59. The lowest BCUT2D eigenvalue weighted by Crippen LogP contribution is -2.31. The number of carbonyl (C=O) groups is 2. The Morgan fingerprint density at radius 2 is 2.12 bits per heavy atom. The van der Waals surface area contributed by atoms with E-state index >= 15 is 0 Å². The number of likely N-dealkylation sites (N-methyl/N-ethyl adjacent to an activating group) is 1. The van der Waals surface area contributed by atoms with Crippen LogP contribution in [-0.2, 0) is 4.79 Å². The second kappa shape index (κ2) is 3.66. The highest BCUT2D eigenvalue weighted by molar-refractivity contribution is 6.19. The number of hydrogen-bond donors (Lipinski definition) is 0. The number of nitriles is 1. The standard InChI is InChI=1S/C11H9N3O2/c1-13-7-10(15)14(11(13)16)9-4-2-3-8(5-9)6-12/h2-5H,7H2,1H3. The van der Waals surface area contributed by atoms with Crippen LogP contribution >= 0.6 is 0 Å². The van der Waals surface area contributed by atoms with Crippen LogP contribution in [0.1, 0.15) is 5.56 Å². The minimum absolute atomic E-state index is 0.0790. The van der Waals surface area contributed by atoms with E-state index in [0.29, 0.717) is 11.3 Å². The van der Waals surface area contributed by atoms with Gasteiger partial charge in [0.15, 0.2) is 0 Å². The maximum Gasteiger partial charge on any atom is 0.331 e. The number of nitrogens with zero attached hydrogens (tertiary/aromatic N) is 3. The van der Waals surface area contributed by atoms with Crippen molar-refractivity contribution in [3.63, 3.8) is 0 Å². The van der Waals surface area contributed by atoms with E-state index < -0.39 is 0 Å². The maximum absolute atomic E-state index is 11.7. The summed E-state index contributed by atoms with van der Waals surface area (Å²) in [5, 5.41) is 8.74. The van der Waals surface area contributed by atoms with Crippen LogP contribution in [0.4, 0.5) is 10.5 Å². The Bertz CT molecular complexity index is 504. The lowest BCUT2D eigenvalue weighted by atomic mass is 10.2. The van der Waals surface area contributed by atoms with Gasteiger partial charge in [-0.1, -0.05) is 6.07 Å². The molecule has 3 amide bonds. The number of rotatable bonds is 1. The van der Waals surface area contributed by atoms with Crippen molar-refractivity contribution in [2.75, 3.05) is 18.5 Å². The minimum atomic E-state index is -0.361. The number of amides is 3. The summed E-state index contributed by atoms with van der Waals surface area (Å²) in [6, 6.07) is 8.03. The number of urea groups is 1. The van der Waals surface area contributed by atoms with E-state index in [0.717, 1.165) is 4.90 Å². The van der Waals surface area contributed by atoms with Gasteiger partial charge in [0.05, 0.1) is 17.3 Å². The van der Waals surface area contributed by atoms with E-state index in [9.17, 15) is 9.59 Å². The lowest BCUT2D eigenvalue weighted by Gasteiger charge is -2.13. The van der Waals surface area contributed by atoms with Gasteiger partial charge in [0.2, 0.25) is 0 Å². The quantitative estimate of drug-likeness (QED) is 0.655. The van der Waals surface area contributed by atoms with Crippen LogP contribution in [0.25, 0.3) is 0 Å². The summed E-state index contributed by atoms with van der Waals surface area (Å²) in [6.07, 6.45) is 0. The zero-order chi connectivity index (χ0) is 11.7. The summed E-state index contributed by atoms with van der Waals surface area (Å²) in [6.45, 7) is 0.0790. The molecule has 1 aromatic rings. The smallest absolute Gasteiger partial charge is 0.318 e. The second-order valence-corrected chi connectivity index (χ2v) is 3.53. The molecule has 0 N–H and O–H groups in total. The second-order valence-electron chi connectivity index (χ2n) is 3.53. The van der Waals surface area contributed by atoms with E-state index in [1.54, 1.807) is 25.2 Å². The van der Waals surface area contributed by atoms with Crippen molar-refractivity contribution in [1.82, 2.24) is 4.90 Å². The Kier molecular flexibility index (Phi) is 2.33. The number of benzene rings is 1. The van der Waals surface area contributed by atoms with Gasteiger partial charge in [-0.05, 0) is 18.2 Å². The predicted octanol–water partition coefficient (Wildman–Crippen LogP) is 0.957. The van der Waals surface area contributed by atoms with Crippen LogP contribution < -0.4 is 4.90 Å². The molecule has 1 heterocycles. The highest BCUT2D eigenvalue weighted by Crippen LogP contribution is 2.21. The molecule has 80 valence electrons. The van der Waals surface area contributed by atoms with Crippen LogP contribution in [-0.4, -0.2) is 30.4 Å². The molecule has 2 rings (SSSR count). The molecule has 1 saturated heterocycles. The summed E-state index contributed by atoms with van der Waals surface area (Å²) in [7, 11) is 1.56. The van der Waals surface area contributed by atoms with Gasteiger partial charge in [-0.3, -0.25) is 4.79 Å². The molecule has 1 aromatic carbocycles. The number of carbonyl (C=O) groups excluding carboxylic acids is 2. The lowest BCUT2D eigenvalue weighted by molar-refractivity contribution is -0.116. The fourth-order valence-corrected chi connectivity index (χ4v) is 1.59. The van der Waals surface area contributed by atoms with E-state index in [1.807, 2.05) is 6.07 Å². The van der Waals surface area contributed by atoms with Gasteiger partial charge >= 0.3 is 6.03 Å². The summed E-state index contributed by atoms with van der Waals surface area (Å²) in [4.78, 5) is 25.7. The molecule has 0 spiro atoms. The first kappa shape index (κ1) is 10.2. The number of imide groups is 1. The molecule has 1 aliphatic rings. The van der Waals surface area contributed by atoms with Crippen LogP contribution in [0, 0.1) is 11.3 Å². The van der Waals surface area contributed by atoms with E-state index in [4.69, 9.17) is 5.26 Å². The van der Waals surface area contributed by atoms with Crippen LogP contribution in [0.5, 0.6) is 0 Å². The van der Waals surface area contributed by atoms with Gasteiger partial charge in [0.25, 0.3) is 5.91 Å². The molecular weight excluding hydrogens is 206 g/mol. The van der Waals surface area contributed by atoms with Crippen molar-refractivity contribution in [3.8, 4) is 6.07 Å². The van der Waals surface area contributed by atoms with Crippen molar-refractivity contribution < 1.29 is 9.59 Å². The number of hydrogen-bond acceptors (Lipinski definition) is 3. The van der Waals surface area contributed by atoms with E-state index in [1.165, 1.54) is 11.0 Å². The third-order valence-electron chi connectivity index (χ3n) is 2.37. The van der Waals surface area contributed by atoms with Gasteiger partial charge in [-0.2, -0.15) is 5.26 Å². The van der Waals surface area contributed by atoms with Gasteiger partial charge in [-0.25, -0.2) is 9.69 Å². The Morgan fingerprint density at radius 3 is 2.69 bits per heavy atom. The SMILES string of the molecule is CN1CC(=O)N(c2cccc(C#N)c2)C1=O. The van der Waals surface area contributed by atoms with Crippen molar-refractivity contribution >= 4 is 17.6 Å². The normalized spacial score (nSPS) is 15.5. The molecule has 0 aliphatic carbocycles. The molecule has 0 saturated carbocycles. The molecule has 0 radical (unpaired) electrons. The summed E-state index contributed by atoms with van der Waals surface area (Å²) >= 11 is 0. The Balaban J connectivity index is 2.41. The first-order valence-corrected chi connectivity index (χ1v) is 4.71. The van der Waals surface area contributed by atoms with Gasteiger partial charge in [-0.15, -0.1) is 0 Å². The molecule has 5 heteroatoms. The first-order valence-electron chi connectivity index (χ1n) is 4.71. The zero-order valence-corrected chi connectivity index (χ0v) is 8.67. The van der Waals surface area contributed by atoms with Crippen molar-refractivity contribution in [1.29, 1.82) is 5.26 Å². The third-order valence-corrected chi connectivity index (χ3v) is 2.37. The van der Waals surface area contributed by atoms with Crippen LogP contribution in [0.2, 0.25) is 0 Å². The van der Waals surface area contributed by atoms with Crippen molar-refractivity contribution in [2.24, 2.45) is 0 Å².